The lowest BCUT2D eigenvalue weighted by atomic mass is 10.1. The van der Waals surface area contributed by atoms with Crippen molar-refractivity contribution in [3.05, 3.63) is 34.5 Å². The lowest BCUT2D eigenvalue weighted by molar-refractivity contribution is 0.344. The summed E-state index contributed by atoms with van der Waals surface area (Å²) in [5.74, 6) is -2.00. The van der Waals surface area contributed by atoms with E-state index >= 15 is 0 Å². The topological polar surface area (TPSA) is 130 Å². The SMILES string of the molecule is COc1c(O)cc(-c2cc(=O)c3c(O)c(OC)c(O)cc3o2)cc1O. The van der Waals surface area contributed by atoms with Crippen molar-refractivity contribution in [2.45, 2.75) is 0 Å². The van der Waals surface area contributed by atoms with Gasteiger partial charge in [-0.05, 0) is 12.1 Å². The molecule has 0 radical (unpaired) electrons. The Kier molecular flexibility index (Phi) is 3.80. The Hall–Kier alpha value is -3.55. The van der Waals surface area contributed by atoms with E-state index in [1.165, 1.54) is 26.4 Å². The molecule has 0 saturated carbocycles. The summed E-state index contributed by atoms with van der Waals surface area (Å²) in [4.78, 5) is 12.4. The molecular formula is C17H14O8. The average molecular weight is 346 g/mol. The lowest BCUT2D eigenvalue weighted by Crippen LogP contribution is -2.02. The number of phenols is 4. The maximum atomic E-state index is 12.4. The molecule has 3 rings (SSSR count). The van der Waals surface area contributed by atoms with Crippen molar-refractivity contribution in [3.63, 3.8) is 0 Å². The molecule has 0 fully saturated rings. The van der Waals surface area contributed by atoms with Gasteiger partial charge in [0.15, 0.2) is 28.4 Å². The summed E-state index contributed by atoms with van der Waals surface area (Å²) in [7, 11) is 2.52. The summed E-state index contributed by atoms with van der Waals surface area (Å²) in [6.07, 6.45) is 0. The standard InChI is InChI=1S/C17H14O8/c1-23-16-9(19)3-7(4-10(16)20)12-5-8(18)14-13(25-12)6-11(21)17(24-2)15(14)22/h3-6,19-22H,1-2H3. The lowest BCUT2D eigenvalue weighted by Gasteiger charge is -2.11. The first-order valence-electron chi connectivity index (χ1n) is 7.04. The number of rotatable bonds is 3. The van der Waals surface area contributed by atoms with Crippen molar-refractivity contribution < 1.29 is 34.3 Å². The van der Waals surface area contributed by atoms with Crippen molar-refractivity contribution in [2.75, 3.05) is 14.2 Å². The Bertz CT molecular complexity index is 1010. The summed E-state index contributed by atoms with van der Waals surface area (Å²) in [6, 6.07) is 4.69. The number of benzene rings is 2. The highest BCUT2D eigenvalue weighted by molar-refractivity contribution is 5.89. The second-order valence-electron chi connectivity index (χ2n) is 5.17. The Morgan fingerprint density at radius 2 is 1.40 bits per heavy atom. The van der Waals surface area contributed by atoms with E-state index in [1.54, 1.807) is 0 Å². The van der Waals surface area contributed by atoms with Gasteiger partial charge in [-0.25, -0.2) is 0 Å². The highest BCUT2D eigenvalue weighted by Gasteiger charge is 2.19. The summed E-state index contributed by atoms with van der Waals surface area (Å²) in [5, 5.41) is 39.5. The van der Waals surface area contributed by atoms with Gasteiger partial charge in [-0.1, -0.05) is 0 Å². The van der Waals surface area contributed by atoms with E-state index in [9.17, 15) is 25.2 Å². The maximum absolute atomic E-state index is 12.4. The van der Waals surface area contributed by atoms with E-state index in [2.05, 4.69) is 0 Å². The van der Waals surface area contributed by atoms with Crippen LogP contribution in [0.2, 0.25) is 0 Å². The molecule has 0 aliphatic carbocycles. The maximum Gasteiger partial charge on any atom is 0.203 e. The van der Waals surface area contributed by atoms with Gasteiger partial charge in [0.05, 0.1) is 14.2 Å². The molecule has 8 heteroatoms. The van der Waals surface area contributed by atoms with Crippen LogP contribution in [0.25, 0.3) is 22.3 Å². The molecule has 0 aliphatic heterocycles. The number of aromatic hydroxyl groups is 4. The number of hydrogen-bond acceptors (Lipinski definition) is 8. The Morgan fingerprint density at radius 3 is 1.96 bits per heavy atom. The minimum absolute atomic E-state index is 0.00900. The molecule has 0 atom stereocenters. The molecular weight excluding hydrogens is 332 g/mol. The van der Waals surface area contributed by atoms with Crippen LogP contribution >= 0.6 is 0 Å². The van der Waals surface area contributed by atoms with Crippen LogP contribution in [0.1, 0.15) is 0 Å². The third kappa shape index (κ3) is 2.53. The monoisotopic (exact) mass is 346 g/mol. The first kappa shape index (κ1) is 16.3. The molecule has 8 nitrogen and oxygen atoms in total. The van der Waals surface area contributed by atoms with Crippen molar-refractivity contribution in [1.82, 2.24) is 0 Å². The second kappa shape index (κ2) is 5.82. The van der Waals surface area contributed by atoms with E-state index in [1.807, 2.05) is 0 Å². The first-order chi connectivity index (χ1) is 11.9. The number of fused-ring (bicyclic) bond motifs is 1. The zero-order chi connectivity index (χ0) is 18.3. The summed E-state index contributed by atoms with van der Waals surface area (Å²) in [5.41, 5.74) is -0.487. The molecule has 25 heavy (non-hydrogen) atoms. The molecule has 0 saturated heterocycles. The summed E-state index contributed by atoms with van der Waals surface area (Å²) >= 11 is 0. The van der Waals surface area contributed by atoms with Gasteiger partial charge in [0.1, 0.15) is 16.7 Å². The van der Waals surface area contributed by atoms with Gasteiger partial charge in [-0.2, -0.15) is 0 Å². The second-order valence-corrected chi connectivity index (χ2v) is 5.17. The normalized spacial score (nSPS) is 10.8. The molecule has 1 heterocycles. The summed E-state index contributed by atoms with van der Waals surface area (Å²) < 4.78 is 15.2. The first-order valence-corrected chi connectivity index (χ1v) is 7.04. The number of ether oxygens (including phenoxy) is 2. The van der Waals surface area contributed by atoms with Gasteiger partial charge in [-0.3, -0.25) is 4.79 Å². The minimum Gasteiger partial charge on any atom is -0.504 e. The van der Waals surface area contributed by atoms with Crippen LogP contribution in [-0.2, 0) is 0 Å². The molecule has 4 N–H and O–H groups in total. The van der Waals surface area contributed by atoms with E-state index in [0.29, 0.717) is 0 Å². The van der Waals surface area contributed by atoms with Gasteiger partial charge < -0.3 is 34.3 Å². The smallest absolute Gasteiger partial charge is 0.203 e. The fourth-order valence-electron chi connectivity index (χ4n) is 2.56. The molecule has 0 bridgehead atoms. The van der Waals surface area contributed by atoms with Crippen LogP contribution in [0.4, 0.5) is 0 Å². The van der Waals surface area contributed by atoms with E-state index in [-0.39, 0.29) is 45.3 Å². The fourth-order valence-corrected chi connectivity index (χ4v) is 2.56. The fraction of sp³-hybridized carbons (Fsp3) is 0.118. The van der Waals surface area contributed by atoms with Crippen molar-refractivity contribution >= 4 is 11.0 Å². The van der Waals surface area contributed by atoms with Crippen molar-refractivity contribution in [2.24, 2.45) is 0 Å². The Morgan fingerprint density at radius 1 is 0.840 bits per heavy atom. The van der Waals surface area contributed by atoms with Crippen LogP contribution in [0.15, 0.2) is 33.5 Å². The van der Waals surface area contributed by atoms with Crippen LogP contribution in [-0.4, -0.2) is 34.6 Å². The van der Waals surface area contributed by atoms with E-state index < -0.39 is 16.9 Å². The molecule has 0 unspecified atom stereocenters. The van der Waals surface area contributed by atoms with Crippen LogP contribution in [0.5, 0.6) is 34.5 Å². The van der Waals surface area contributed by atoms with Crippen LogP contribution in [0, 0.1) is 0 Å². The van der Waals surface area contributed by atoms with Gasteiger partial charge in [0.25, 0.3) is 0 Å². The third-order valence-corrected chi connectivity index (χ3v) is 3.67. The molecule has 130 valence electrons. The molecule has 0 spiro atoms. The number of phenolic OH excluding ortho intramolecular Hbond substituents is 4. The highest BCUT2D eigenvalue weighted by Crippen LogP contribution is 2.43. The Labute approximate surface area is 140 Å². The number of methoxy groups -OCH3 is 2. The molecule has 0 aliphatic rings. The van der Waals surface area contributed by atoms with Crippen molar-refractivity contribution in [1.29, 1.82) is 0 Å². The van der Waals surface area contributed by atoms with Crippen LogP contribution < -0.4 is 14.9 Å². The van der Waals surface area contributed by atoms with Gasteiger partial charge in [0.2, 0.25) is 11.5 Å². The van der Waals surface area contributed by atoms with Crippen molar-refractivity contribution in [3.8, 4) is 45.8 Å². The number of hydrogen-bond donors (Lipinski definition) is 4. The predicted molar refractivity (Wildman–Crippen MR) is 87.7 cm³/mol. The largest absolute Gasteiger partial charge is 0.504 e. The molecule has 2 aromatic carbocycles. The summed E-state index contributed by atoms with van der Waals surface area (Å²) in [6.45, 7) is 0. The third-order valence-electron chi connectivity index (χ3n) is 3.67. The van der Waals surface area contributed by atoms with E-state index in [4.69, 9.17) is 13.9 Å². The van der Waals surface area contributed by atoms with Gasteiger partial charge in [-0.15, -0.1) is 0 Å². The van der Waals surface area contributed by atoms with Gasteiger partial charge >= 0.3 is 0 Å². The van der Waals surface area contributed by atoms with Gasteiger partial charge in [0, 0.05) is 17.7 Å². The highest BCUT2D eigenvalue weighted by atomic mass is 16.5. The molecule has 0 amide bonds. The molecule has 1 aromatic heterocycles. The zero-order valence-corrected chi connectivity index (χ0v) is 13.2. The molecule has 3 aromatic rings. The Balaban J connectivity index is 2.28. The average Bonchev–Trinajstić information content (AvgIpc) is 2.54. The quantitative estimate of drug-likeness (QED) is 0.568. The van der Waals surface area contributed by atoms with E-state index in [0.717, 1.165) is 12.1 Å². The minimum atomic E-state index is -0.596. The predicted octanol–water partition coefficient (Wildman–Crippen LogP) is 2.30. The zero-order valence-electron chi connectivity index (χ0n) is 13.2. The van der Waals surface area contributed by atoms with Crippen LogP contribution in [0.3, 0.4) is 0 Å².